The van der Waals surface area contributed by atoms with Crippen LogP contribution in [0.4, 0.5) is 0 Å². The maximum atomic E-state index is 12.4. The highest BCUT2D eigenvalue weighted by Crippen LogP contribution is 2.20. The molecule has 1 amide bonds. The van der Waals surface area contributed by atoms with E-state index in [1.54, 1.807) is 0 Å². The van der Waals surface area contributed by atoms with Gasteiger partial charge in [0.05, 0.1) is 11.0 Å². The van der Waals surface area contributed by atoms with Crippen LogP contribution in [0.3, 0.4) is 0 Å². The van der Waals surface area contributed by atoms with Crippen molar-refractivity contribution in [3.05, 3.63) is 59.9 Å². The molecule has 0 aliphatic heterocycles. The molecule has 6 nitrogen and oxygen atoms in total. The van der Waals surface area contributed by atoms with Gasteiger partial charge in [-0.1, -0.05) is 30.3 Å². The van der Waals surface area contributed by atoms with Crippen LogP contribution in [0.2, 0.25) is 0 Å². The first-order valence-corrected chi connectivity index (χ1v) is 9.66. The molecule has 148 valence electrons. The number of para-hydroxylation sites is 3. The minimum absolute atomic E-state index is 0.0446. The summed E-state index contributed by atoms with van der Waals surface area (Å²) in [6.07, 6.45) is 0.799. The summed E-state index contributed by atoms with van der Waals surface area (Å²) in [5, 5.41) is 2.95. The van der Waals surface area contributed by atoms with Gasteiger partial charge in [-0.15, -0.1) is 0 Å². The molecule has 0 saturated carbocycles. The number of ether oxygens (including phenoxy) is 2. The average molecular weight is 381 g/mol. The van der Waals surface area contributed by atoms with Gasteiger partial charge in [-0.2, -0.15) is 0 Å². The van der Waals surface area contributed by atoms with Crippen LogP contribution in [0.5, 0.6) is 5.75 Å². The summed E-state index contributed by atoms with van der Waals surface area (Å²) in [6.45, 7) is 6.43. The van der Waals surface area contributed by atoms with Crippen LogP contribution in [0.25, 0.3) is 11.0 Å². The SMILES string of the molecule is CCOCCCNC(=O)Cn1c(COc2ccccc2C)nc2ccccc21. The van der Waals surface area contributed by atoms with Gasteiger partial charge in [-0.25, -0.2) is 4.98 Å². The number of benzene rings is 2. The summed E-state index contributed by atoms with van der Waals surface area (Å²) >= 11 is 0. The van der Waals surface area contributed by atoms with E-state index in [1.165, 1.54) is 0 Å². The Balaban J connectivity index is 1.70. The van der Waals surface area contributed by atoms with Crippen LogP contribution in [-0.2, 0) is 22.7 Å². The molecule has 0 aliphatic rings. The van der Waals surface area contributed by atoms with E-state index in [1.807, 2.05) is 66.9 Å². The van der Waals surface area contributed by atoms with E-state index in [-0.39, 0.29) is 12.5 Å². The summed E-state index contributed by atoms with van der Waals surface area (Å²) in [6, 6.07) is 15.7. The minimum atomic E-state index is -0.0446. The fourth-order valence-corrected chi connectivity index (χ4v) is 3.02. The summed E-state index contributed by atoms with van der Waals surface area (Å²) in [5.41, 5.74) is 2.85. The lowest BCUT2D eigenvalue weighted by molar-refractivity contribution is -0.121. The highest BCUT2D eigenvalue weighted by Gasteiger charge is 2.14. The number of aromatic nitrogens is 2. The topological polar surface area (TPSA) is 65.4 Å². The average Bonchev–Trinajstić information content (AvgIpc) is 3.05. The molecule has 0 fully saturated rings. The van der Waals surface area contributed by atoms with Crippen molar-refractivity contribution in [2.75, 3.05) is 19.8 Å². The van der Waals surface area contributed by atoms with E-state index in [4.69, 9.17) is 9.47 Å². The third-order valence-corrected chi connectivity index (χ3v) is 4.48. The number of nitrogens with zero attached hydrogens (tertiary/aromatic N) is 2. The third kappa shape index (κ3) is 5.10. The normalized spacial score (nSPS) is 10.9. The largest absolute Gasteiger partial charge is 0.485 e. The zero-order valence-corrected chi connectivity index (χ0v) is 16.5. The summed E-state index contributed by atoms with van der Waals surface area (Å²) < 4.78 is 13.2. The Kier molecular flexibility index (Phi) is 7.03. The highest BCUT2D eigenvalue weighted by atomic mass is 16.5. The van der Waals surface area contributed by atoms with Gasteiger partial charge in [0.15, 0.2) is 0 Å². The Morgan fingerprint density at radius 1 is 1.14 bits per heavy atom. The Hall–Kier alpha value is -2.86. The number of hydrogen-bond donors (Lipinski definition) is 1. The van der Waals surface area contributed by atoms with Crippen LogP contribution in [0.1, 0.15) is 24.7 Å². The van der Waals surface area contributed by atoms with Gasteiger partial charge in [-0.05, 0) is 44.0 Å². The molecule has 1 aromatic heterocycles. The lowest BCUT2D eigenvalue weighted by Crippen LogP contribution is -2.29. The van der Waals surface area contributed by atoms with Gasteiger partial charge in [-0.3, -0.25) is 4.79 Å². The molecule has 0 bridgehead atoms. The monoisotopic (exact) mass is 381 g/mol. The maximum Gasteiger partial charge on any atom is 0.240 e. The lowest BCUT2D eigenvalue weighted by atomic mass is 10.2. The molecule has 0 saturated heterocycles. The molecule has 0 radical (unpaired) electrons. The second-order valence-electron chi connectivity index (χ2n) is 6.56. The Bertz CT molecular complexity index is 920. The molecule has 0 unspecified atom stereocenters. The van der Waals surface area contributed by atoms with Gasteiger partial charge in [0.2, 0.25) is 5.91 Å². The van der Waals surface area contributed by atoms with E-state index in [0.29, 0.717) is 26.4 Å². The fraction of sp³-hybridized carbons (Fsp3) is 0.364. The van der Waals surface area contributed by atoms with E-state index in [0.717, 1.165) is 34.6 Å². The number of nitrogens with one attached hydrogen (secondary N) is 1. The number of carbonyl (C=O) groups excluding carboxylic acids is 1. The first-order chi connectivity index (χ1) is 13.7. The molecule has 28 heavy (non-hydrogen) atoms. The molecule has 3 aromatic rings. The maximum absolute atomic E-state index is 12.4. The van der Waals surface area contributed by atoms with Crippen LogP contribution in [0.15, 0.2) is 48.5 Å². The molecule has 2 aromatic carbocycles. The van der Waals surface area contributed by atoms with E-state index < -0.39 is 0 Å². The van der Waals surface area contributed by atoms with Crippen molar-refractivity contribution in [2.45, 2.75) is 33.4 Å². The van der Waals surface area contributed by atoms with Gasteiger partial charge in [0.1, 0.15) is 24.7 Å². The van der Waals surface area contributed by atoms with Crippen molar-refractivity contribution in [2.24, 2.45) is 0 Å². The number of imidazole rings is 1. The van der Waals surface area contributed by atoms with Crippen LogP contribution >= 0.6 is 0 Å². The highest BCUT2D eigenvalue weighted by molar-refractivity contribution is 5.81. The first-order valence-electron chi connectivity index (χ1n) is 9.66. The minimum Gasteiger partial charge on any atom is -0.485 e. The summed E-state index contributed by atoms with van der Waals surface area (Å²) in [7, 11) is 0. The zero-order chi connectivity index (χ0) is 19.8. The molecular weight excluding hydrogens is 354 g/mol. The van der Waals surface area contributed by atoms with Crippen molar-refractivity contribution < 1.29 is 14.3 Å². The van der Waals surface area contributed by atoms with Crippen LogP contribution in [-0.4, -0.2) is 35.2 Å². The smallest absolute Gasteiger partial charge is 0.240 e. The van der Waals surface area contributed by atoms with Crippen molar-refractivity contribution in [3.8, 4) is 5.75 Å². The zero-order valence-electron chi connectivity index (χ0n) is 16.5. The van der Waals surface area contributed by atoms with Gasteiger partial charge in [0, 0.05) is 19.8 Å². The second-order valence-corrected chi connectivity index (χ2v) is 6.56. The number of hydrogen-bond acceptors (Lipinski definition) is 4. The molecule has 0 aliphatic carbocycles. The molecule has 3 rings (SSSR count). The van der Waals surface area contributed by atoms with E-state index >= 15 is 0 Å². The molecule has 1 heterocycles. The lowest BCUT2D eigenvalue weighted by Gasteiger charge is -2.12. The number of rotatable bonds is 10. The third-order valence-electron chi connectivity index (χ3n) is 4.48. The molecule has 6 heteroatoms. The van der Waals surface area contributed by atoms with E-state index in [9.17, 15) is 4.79 Å². The predicted octanol–water partition coefficient (Wildman–Crippen LogP) is 3.47. The quantitative estimate of drug-likeness (QED) is 0.546. The number of fused-ring (bicyclic) bond motifs is 1. The van der Waals surface area contributed by atoms with Crippen molar-refractivity contribution in [1.29, 1.82) is 0 Å². The van der Waals surface area contributed by atoms with Gasteiger partial charge in [0.25, 0.3) is 0 Å². The Morgan fingerprint density at radius 2 is 1.93 bits per heavy atom. The number of aryl methyl sites for hydroxylation is 1. The fourth-order valence-electron chi connectivity index (χ4n) is 3.02. The molecular formula is C22H27N3O3. The van der Waals surface area contributed by atoms with Gasteiger partial charge >= 0.3 is 0 Å². The molecule has 0 spiro atoms. The molecule has 1 N–H and O–H groups in total. The van der Waals surface area contributed by atoms with Crippen molar-refractivity contribution in [3.63, 3.8) is 0 Å². The number of amides is 1. The Labute approximate surface area is 165 Å². The van der Waals surface area contributed by atoms with E-state index in [2.05, 4.69) is 10.3 Å². The van der Waals surface area contributed by atoms with Crippen molar-refractivity contribution >= 4 is 16.9 Å². The standard InChI is InChI=1S/C22H27N3O3/c1-3-27-14-8-13-23-22(26)15-25-19-11-6-5-10-18(19)24-21(25)16-28-20-12-7-4-9-17(20)2/h4-7,9-12H,3,8,13-16H2,1-2H3,(H,23,26). The summed E-state index contributed by atoms with van der Waals surface area (Å²) in [5.74, 6) is 1.51. The van der Waals surface area contributed by atoms with Crippen LogP contribution in [0, 0.1) is 6.92 Å². The van der Waals surface area contributed by atoms with Gasteiger partial charge < -0.3 is 19.4 Å². The molecule has 0 atom stereocenters. The van der Waals surface area contributed by atoms with Crippen LogP contribution < -0.4 is 10.1 Å². The first kappa shape index (κ1) is 19.9. The second kappa shape index (κ2) is 9.90. The van der Waals surface area contributed by atoms with Crippen molar-refractivity contribution in [1.82, 2.24) is 14.9 Å². The predicted molar refractivity (Wildman–Crippen MR) is 109 cm³/mol. The Morgan fingerprint density at radius 3 is 2.75 bits per heavy atom. The summed E-state index contributed by atoms with van der Waals surface area (Å²) in [4.78, 5) is 17.1. The number of carbonyl (C=O) groups is 1.